The summed E-state index contributed by atoms with van der Waals surface area (Å²) >= 11 is 0. The summed E-state index contributed by atoms with van der Waals surface area (Å²) in [6, 6.07) is 13.6. The molecule has 0 amide bonds. The summed E-state index contributed by atoms with van der Waals surface area (Å²) in [7, 11) is 0. The Balaban J connectivity index is 2.00. The van der Waals surface area contributed by atoms with Gasteiger partial charge in [-0.05, 0) is 37.3 Å². The first-order chi connectivity index (χ1) is 10.7. The standard InChI is InChI=1S/C17H16O5/c1-2-20-16-10-13(11-18)8-9-15(16)22-17(19)12-21-14-6-4-3-5-7-14/h3-11H,2,12H2,1H3. The lowest BCUT2D eigenvalue weighted by Gasteiger charge is -2.11. The highest BCUT2D eigenvalue weighted by molar-refractivity contribution is 5.78. The molecular weight excluding hydrogens is 284 g/mol. The average molecular weight is 300 g/mol. The largest absolute Gasteiger partial charge is 0.490 e. The fraction of sp³-hybridized carbons (Fsp3) is 0.176. The van der Waals surface area contributed by atoms with Gasteiger partial charge >= 0.3 is 5.97 Å². The molecule has 0 fully saturated rings. The number of esters is 1. The number of para-hydroxylation sites is 1. The third-order valence-electron chi connectivity index (χ3n) is 2.73. The number of hydrogen-bond acceptors (Lipinski definition) is 5. The van der Waals surface area contributed by atoms with Gasteiger partial charge in [0.2, 0.25) is 0 Å². The first-order valence-corrected chi connectivity index (χ1v) is 6.83. The molecule has 0 atom stereocenters. The number of rotatable bonds is 7. The van der Waals surface area contributed by atoms with E-state index in [2.05, 4.69) is 0 Å². The third kappa shape index (κ3) is 4.34. The summed E-state index contributed by atoms with van der Waals surface area (Å²) in [4.78, 5) is 22.6. The molecule has 0 heterocycles. The third-order valence-corrected chi connectivity index (χ3v) is 2.73. The van der Waals surface area contributed by atoms with Crippen LogP contribution in [-0.4, -0.2) is 25.5 Å². The Morgan fingerprint density at radius 1 is 1.05 bits per heavy atom. The maximum absolute atomic E-state index is 11.8. The Morgan fingerprint density at radius 3 is 2.50 bits per heavy atom. The molecule has 0 saturated carbocycles. The second-order valence-electron chi connectivity index (χ2n) is 4.33. The predicted octanol–water partition coefficient (Wildman–Crippen LogP) is 2.88. The normalized spacial score (nSPS) is 9.86. The van der Waals surface area contributed by atoms with Crippen LogP contribution in [0.15, 0.2) is 48.5 Å². The second-order valence-corrected chi connectivity index (χ2v) is 4.33. The van der Waals surface area contributed by atoms with E-state index in [0.29, 0.717) is 30.0 Å². The van der Waals surface area contributed by atoms with Gasteiger partial charge in [-0.3, -0.25) is 4.79 Å². The van der Waals surface area contributed by atoms with Gasteiger partial charge in [0.1, 0.15) is 12.0 Å². The van der Waals surface area contributed by atoms with Crippen molar-refractivity contribution in [2.75, 3.05) is 13.2 Å². The van der Waals surface area contributed by atoms with Gasteiger partial charge in [-0.25, -0.2) is 4.79 Å². The van der Waals surface area contributed by atoms with Gasteiger partial charge in [-0.15, -0.1) is 0 Å². The molecule has 0 radical (unpaired) electrons. The highest BCUT2D eigenvalue weighted by atomic mass is 16.6. The van der Waals surface area contributed by atoms with Gasteiger partial charge in [-0.1, -0.05) is 18.2 Å². The van der Waals surface area contributed by atoms with Crippen molar-refractivity contribution in [3.8, 4) is 17.2 Å². The maximum atomic E-state index is 11.8. The Bertz CT molecular complexity index is 637. The van der Waals surface area contributed by atoms with E-state index in [1.165, 1.54) is 12.1 Å². The lowest BCUT2D eigenvalue weighted by atomic mass is 10.2. The summed E-state index contributed by atoms with van der Waals surface area (Å²) in [5.41, 5.74) is 0.448. The number of carbonyl (C=O) groups excluding carboxylic acids is 2. The van der Waals surface area contributed by atoms with E-state index in [9.17, 15) is 9.59 Å². The lowest BCUT2D eigenvalue weighted by molar-refractivity contribution is -0.136. The fourth-order valence-corrected chi connectivity index (χ4v) is 1.76. The summed E-state index contributed by atoms with van der Waals surface area (Å²) in [6.07, 6.45) is 0.701. The van der Waals surface area contributed by atoms with Crippen molar-refractivity contribution in [2.24, 2.45) is 0 Å². The number of aldehydes is 1. The van der Waals surface area contributed by atoms with Crippen molar-refractivity contribution < 1.29 is 23.8 Å². The average Bonchev–Trinajstić information content (AvgIpc) is 2.56. The van der Waals surface area contributed by atoms with Crippen LogP contribution in [0.1, 0.15) is 17.3 Å². The second kappa shape index (κ2) is 7.83. The summed E-state index contributed by atoms with van der Waals surface area (Å²) < 4.78 is 15.9. The van der Waals surface area contributed by atoms with Crippen LogP contribution in [0.5, 0.6) is 17.2 Å². The maximum Gasteiger partial charge on any atom is 0.349 e. The first kappa shape index (κ1) is 15.6. The number of ether oxygens (including phenoxy) is 3. The van der Waals surface area contributed by atoms with Crippen LogP contribution in [0.2, 0.25) is 0 Å². The molecule has 2 aromatic carbocycles. The molecule has 0 aliphatic rings. The topological polar surface area (TPSA) is 61.8 Å². The molecule has 0 spiro atoms. The van der Waals surface area contributed by atoms with Crippen molar-refractivity contribution in [3.63, 3.8) is 0 Å². The van der Waals surface area contributed by atoms with Gasteiger partial charge < -0.3 is 14.2 Å². The van der Waals surface area contributed by atoms with Gasteiger partial charge in [0.25, 0.3) is 0 Å². The Morgan fingerprint density at radius 2 is 1.82 bits per heavy atom. The molecule has 0 unspecified atom stereocenters. The molecule has 0 N–H and O–H groups in total. The molecule has 2 rings (SSSR count). The molecule has 5 nitrogen and oxygen atoms in total. The molecule has 22 heavy (non-hydrogen) atoms. The minimum atomic E-state index is -0.552. The van der Waals surface area contributed by atoms with E-state index in [4.69, 9.17) is 14.2 Å². The van der Waals surface area contributed by atoms with E-state index in [-0.39, 0.29) is 12.4 Å². The van der Waals surface area contributed by atoms with E-state index >= 15 is 0 Å². The van der Waals surface area contributed by atoms with Crippen molar-refractivity contribution in [1.29, 1.82) is 0 Å². The van der Waals surface area contributed by atoms with E-state index in [1.807, 2.05) is 18.2 Å². The van der Waals surface area contributed by atoms with Crippen LogP contribution < -0.4 is 14.2 Å². The smallest absolute Gasteiger partial charge is 0.349 e. The minimum absolute atomic E-state index is 0.217. The molecule has 0 saturated heterocycles. The lowest BCUT2D eigenvalue weighted by Crippen LogP contribution is -2.18. The van der Waals surface area contributed by atoms with Gasteiger partial charge in [0.15, 0.2) is 18.1 Å². The zero-order valence-corrected chi connectivity index (χ0v) is 12.2. The van der Waals surface area contributed by atoms with Crippen molar-refractivity contribution in [1.82, 2.24) is 0 Å². The van der Waals surface area contributed by atoms with Crippen LogP contribution in [0.4, 0.5) is 0 Å². The van der Waals surface area contributed by atoms with Gasteiger partial charge in [0, 0.05) is 5.56 Å². The van der Waals surface area contributed by atoms with Crippen molar-refractivity contribution in [2.45, 2.75) is 6.92 Å². The van der Waals surface area contributed by atoms with E-state index < -0.39 is 5.97 Å². The fourth-order valence-electron chi connectivity index (χ4n) is 1.76. The monoisotopic (exact) mass is 300 g/mol. The van der Waals surface area contributed by atoms with Crippen LogP contribution in [0, 0.1) is 0 Å². The molecule has 0 aliphatic carbocycles. The Kier molecular flexibility index (Phi) is 5.54. The van der Waals surface area contributed by atoms with Gasteiger partial charge in [-0.2, -0.15) is 0 Å². The van der Waals surface area contributed by atoms with E-state index in [1.54, 1.807) is 25.1 Å². The van der Waals surface area contributed by atoms with E-state index in [0.717, 1.165) is 0 Å². The summed E-state index contributed by atoms with van der Waals surface area (Å²) in [5.74, 6) is 0.638. The summed E-state index contributed by atoms with van der Waals surface area (Å²) in [6.45, 7) is 1.98. The van der Waals surface area contributed by atoms with Crippen molar-refractivity contribution >= 4 is 12.3 Å². The number of benzene rings is 2. The molecule has 5 heteroatoms. The van der Waals surface area contributed by atoms with Crippen LogP contribution in [-0.2, 0) is 4.79 Å². The molecule has 0 aromatic heterocycles. The Hall–Kier alpha value is -2.82. The zero-order valence-electron chi connectivity index (χ0n) is 12.2. The Labute approximate surface area is 128 Å². The number of carbonyl (C=O) groups is 2. The van der Waals surface area contributed by atoms with Gasteiger partial charge in [0.05, 0.1) is 6.61 Å². The zero-order chi connectivity index (χ0) is 15.8. The van der Waals surface area contributed by atoms with Crippen molar-refractivity contribution in [3.05, 3.63) is 54.1 Å². The predicted molar refractivity (Wildman–Crippen MR) is 80.6 cm³/mol. The summed E-state index contributed by atoms with van der Waals surface area (Å²) in [5, 5.41) is 0. The molecule has 0 bridgehead atoms. The molecule has 0 aliphatic heterocycles. The van der Waals surface area contributed by atoms with Crippen LogP contribution in [0.3, 0.4) is 0 Å². The molecular formula is C17H16O5. The highest BCUT2D eigenvalue weighted by Gasteiger charge is 2.12. The van der Waals surface area contributed by atoms with Crippen LogP contribution >= 0.6 is 0 Å². The quantitative estimate of drug-likeness (QED) is 0.447. The number of hydrogen-bond donors (Lipinski definition) is 0. The van der Waals surface area contributed by atoms with Crippen LogP contribution in [0.25, 0.3) is 0 Å². The molecule has 114 valence electrons. The SMILES string of the molecule is CCOc1cc(C=O)ccc1OC(=O)COc1ccccc1. The highest BCUT2D eigenvalue weighted by Crippen LogP contribution is 2.28. The first-order valence-electron chi connectivity index (χ1n) is 6.83. The minimum Gasteiger partial charge on any atom is -0.490 e. The molecule has 2 aromatic rings.